The van der Waals surface area contributed by atoms with E-state index in [1.807, 2.05) is 6.07 Å². The number of fused-ring (bicyclic) bond motifs is 1. The van der Waals surface area contributed by atoms with Crippen LogP contribution in [0.1, 0.15) is 18.4 Å². The molecule has 0 amide bonds. The third kappa shape index (κ3) is 2.31. The van der Waals surface area contributed by atoms with Crippen molar-refractivity contribution in [1.29, 1.82) is 0 Å². The molecule has 3 nitrogen and oxygen atoms in total. The van der Waals surface area contributed by atoms with Gasteiger partial charge in [-0.2, -0.15) is 0 Å². The van der Waals surface area contributed by atoms with E-state index in [1.165, 1.54) is 23.8 Å². The van der Waals surface area contributed by atoms with Crippen molar-refractivity contribution < 1.29 is 0 Å². The Morgan fingerprint density at radius 3 is 2.83 bits per heavy atom. The molecule has 0 bridgehead atoms. The minimum atomic E-state index is 0.554. The molecule has 0 aliphatic carbocycles. The molecular formula is C15H19N3. The van der Waals surface area contributed by atoms with E-state index in [4.69, 9.17) is 4.98 Å². The molecule has 0 saturated carbocycles. The summed E-state index contributed by atoms with van der Waals surface area (Å²) in [4.78, 5) is 4.74. The molecule has 0 unspecified atom stereocenters. The molecule has 2 heterocycles. The van der Waals surface area contributed by atoms with Gasteiger partial charge in [0.1, 0.15) is 5.82 Å². The zero-order valence-electron chi connectivity index (χ0n) is 10.7. The van der Waals surface area contributed by atoms with E-state index in [-0.39, 0.29) is 0 Å². The van der Waals surface area contributed by atoms with E-state index in [0.717, 1.165) is 24.4 Å². The molecule has 0 radical (unpaired) electrons. The highest BCUT2D eigenvalue weighted by atomic mass is 15.0. The molecule has 1 aliphatic rings. The van der Waals surface area contributed by atoms with Crippen LogP contribution in [0, 0.1) is 6.92 Å². The summed E-state index contributed by atoms with van der Waals surface area (Å²) < 4.78 is 0. The fraction of sp³-hybridized carbons (Fsp3) is 0.400. The van der Waals surface area contributed by atoms with Crippen LogP contribution in [0.5, 0.6) is 0 Å². The molecule has 2 N–H and O–H groups in total. The van der Waals surface area contributed by atoms with E-state index >= 15 is 0 Å². The Kier molecular flexibility index (Phi) is 3.15. The first-order valence-corrected chi connectivity index (χ1v) is 6.66. The average Bonchev–Trinajstić information content (AvgIpc) is 2.41. The number of nitrogens with one attached hydrogen (secondary N) is 2. The third-order valence-corrected chi connectivity index (χ3v) is 3.59. The van der Waals surface area contributed by atoms with Crippen molar-refractivity contribution in [2.24, 2.45) is 0 Å². The molecule has 1 aliphatic heterocycles. The number of piperidine rings is 1. The van der Waals surface area contributed by atoms with Gasteiger partial charge in [-0.3, -0.25) is 0 Å². The summed E-state index contributed by atoms with van der Waals surface area (Å²) in [7, 11) is 0. The third-order valence-electron chi connectivity index (χ3n) is 3.59. The maximum absolute atomic E-state index is 4.74. The molecule has 1 aromatic carbocycles. The highest BCUT2D eigenvalue weighted by Crippen LogP contribution is 2.21. The number of pyridine rings is 1. The van der Waals surface area contributed by atoms with Crippen molar-refractivity contribution in [2.75, 3.05) is 18.4 Å². The number of rotatable bonds is 2. The summed E-state index contributed by atoms with van der Waals surface area (Å²) in [6.45, 7) is 4.33. The van der Waals surface area contributed by atoms with Gasteiger partial charge in [0, 0.05) is 11.4 Å². The summed E-state index contributed by atoms with van der Waals surface area (Å²) in [5.74, 6) is 1.04. The lowest BCUT2D eigenvalue weighted by molar-refractivity contribution is 0.478. The largest absolute Gasteiger partial charge is 0.367 e. The van der Waals surface area contributed by atoms with Crippen molar-refractivity contribution in [3.63, 3.8) is 0 Å². The van der Waals surface area contributed by atoms with Crippen molar-refractivity contribution >= 4 is 16.7 Å². The lowest BCUT2D eigenvalue weighted by Gasteiger charge is -2.25. The smallest absolute Gasteiger partial charge is 0.129 e. The number of hydrogen-bond donors (Lipinski definition) is 2. The van der Waals surface area contributed by atoms with E-state index in [0.29, 0.717) is 6.04 Å². The van der Waals surface area contributed by atoms with Crippen LogP contribution in [-0.4, -0.2) is 24.1 Å². The first kappa shape index (κ1) is 11.5. The Balaban J connectivity index is 1.88. The van der Waals surface area contributed by atoms with Crippen LogP contribution in [0.4, 0.5) is 5.82 Å². The Morgan fingerprint density at radius 2 is 2.00 bits per heavy atom. The number of anilines is 1. The van der Waals surface area contributed by atoms with Gasteiger partial charge < -0.3 is 10.6 Å². The lowest BCUT2D eigenvalue weighted by atomic mass is 10.1. The minimum absolute atomic E-state index is 0.554. The highest BCUT2D eigenvalue weighted by Gasteiger charge is 2.14. The quantitative estimate of drug-likeness (QED) is 0.849. The van der Waals surface area contributed by atoms with Crippen LogP contribution < -0.4 is 10.6 Å². The van der Waals surface area contributed by atoms with Crippen molar-refractivity contribution in [2.45, 2.75) is 25.8 Å². The van der Waals surface area contributed by atoms with Gasteiger partial charge in [0.2, 0.25) is 0 Å². The summed E-state index contributed by atoms with van der Waals surface area (Å²) in [5, 5.41) is 8.19. The summed E-state index contributed by atoms with van der Waals surface area (Å²) in [6, 6.07) is 11.1. The number of para-hydroxylation sites is 1. The van der Waals surface area contributed by atoms with Crippen molar-refractivity contribution in [3.05, 3.63) is 35.9 Å². The fourth-order valence-electron chi connectivity index (χ4n) is 2.53. The second-order valence-corrected chi connectivity index (χ2v) is 5.02. The van der Waals surface area contributed by atoms with Gasteiger partial charge in [0.25, 0.3) is 0 Å². The number of nitrogens with zero attached hydrogens (tertiary/aromatic N) is 1. The second kappa shape index (κ2) is 4.94. The van der Waals surface area contributed by atoms with Gasteiger partial charge >= 0.3 is 0 Å². The van der Waals surface area contributed by atoms with Crippen LogP contribution >= 0.6 is 0 Å². The second-order valence-electron chi connectivity index (χ2n) is 5.02. The van der Waals surface area contributed by atoms with Gasteiger partial charge in [-0.1, -0.05) is 18.2 Å². The van der Waals surface area contributed by atoms with Crippen LogP contribution in [0.3, 0.4) is 0 Å². The first-order valence-electron chi connectivity index (χ1n) is 6.66. The number of aromatic nitrogens is 1. The molecule has 0 atom stereocenters. The number of benzene rings is 1. The molecule has 3 heteroatoms. The van der Waals surface area contributed by atoms with Crippen LogP contribution in [-0.2, 0) is 0 Å². The van der Waals surface area contributed by atoms with E-state index < -0.39 is 0 Å². The summed E-state index contributed by atoms with van der Waals surface area (Å²) in [5.41, 5.74) is 2.30. The Bertz CT molecular complexity index is 544. The standard InChI is InChI=1S/C15H19N3/c1-11-10-12-4-2-3-5-14(12)18-15(11)17-13-6-8-16-9-7-13/h2-5,10,13,16H,6-9H2,1H3,(H,17,18). The van der Waals surface area contributed by atoms with Crippen molar-refractivity contribution in [3.8, 4) is 0 Å². The average molecular weight is 241 g/mol. The lowest BCUT2D eigenvalue weighted by Crippen LogP contribution is -2.35. The minimum Gasteiger partial charge on any atom is -0.367 e. The fourth-order valence-corrected chi connectivity index (χ4v) is 2.53. The van der Waals surface area contributed by atoms with E-state index in [9.17, 15) is 0 Å². The van der Waals surface area contributed by atoms with Gasteiger partial charge in [-0.15, -0.1) is 0 Å². The summed E-state index contributed by atoms with van der Waals surface area (Å²) in [6.07, 6.45) is 2.35. The SMILES string of the molecule is Cc1cc2ccccc2nc1NC1CCNCC1. The van der Waals surface area contributed by atoms with E-state index in [1.54, 1.807) is 0 Å². The van der Waals surface area contributed by atoms with Crippen molar-refractivity contribution in [1.82, 2.24) is 10.3 Å². The molecule has 1 aromatic heterocycles. The molecule has 18 heavy (non-hydrogen) atoms. The van der Waals surface area contributed by atoms with Gasteiger partial charge in [0.15, 0.2) is 0 Å². The van der Waals surface area contributed by atoms with Crippen LogP contribution in [0.25, 0.3) is 10.9 Å². The molecule has 1 saturated heterocycles. The predicted octanol–water partition coefficient (Wildman–Crippen LogP) is 2.71. The predicted molar refractivity (Wildman–Crippen MR) is 76.0 cm³/mol. The molecule has 1 fully saturated rings. The topological polar surface area (TPSA) is 37.0 Å². The Morgan fingerprint density at radius 1 is 1.22 bits per heavy atom. The monoisotopic (exact) mass is 241 g/mol. The zero-order chi connectivity index (χ0) is 12.4. The number of hydrogen-bond acceptors (Lipinski definition) is 3. The van der Waals surface area contributed by atoms with Crippen LogP contribution in [0.15, 0.2) is 30.3 Å². The molecule has 2 aromatic rings. The Labute approximate surface area is 108 Å². The Hall–Kier alpha value is -1.61. The van der Waals surface area contributed by atoms with Gasteiger partial charge in [-0.25, -0.2) is 4.98 Å². The number of aryl methyl sites for hydroxylation is 1. The molecule has 0 spiro atoms. The first-order chi connectivity index (χ1) is 8.83. The van der Waals surface area contributed by atoms with Gasteiger partial charge in [-0.05, 0) is 50.6 Å². The maximum atomic E-state index is 4.74. The molecule has 3 rings (SSSR count). The maximum Gasteiger partial charge on any atom is 0.129 e. The normalized spacial score (nSPS) is 16.9. The van der Waals surface area contributed by atoms with E-state index in [2.05, 4.69) is 41.8 Å². The summed E-state index contributed by atoms with van der Waals surface area (Å²) >= 11 is 0. The highest BCUT2D eigenvalue weighted by molar-refractivity contribution is 5.81. The van der Waals surface area contributed by atoms with Gasteiger partial charge in [0.05, 0.1) is 5.52 Å². The molecular weight excluding hydrogens is 222 g/mol. The zero-order valence-corrected chi connectivity index (χ0v) is 10.7. The van der Waals surface area contributed by atoms with Crippen LogP contribution in [0.2, 0.25) is 0 Å². The molecule has 94 valence electrons.